The molecule has 29 heavy (non-hydrogen) atoms. The number of hydrogen-bond donors (Lipinski definition) is 1. The van der Waals surface area contributed by atoms with Crippen molar-refractivity contribution in [1.29, 1.82) is 0 Å². The van der Waals surface area contributed by atoms with Crippen molar-refractivity contribution in [2.24, 2.45) is 0 Å². The number of carbonyl (C=O) groups excluding carboxylic acids is 1. The largest absolute Gasteiger partial charge is 0.497 e. The zero-order valence-electron chi connectivity index (χ0n) is 16.6. The first-order valence-corrected chi connectivity index (χ1v) is 10.9. The Balaban J connectivity index is 1.95. The molecule has 0 unspecified atom stereocenters. The second-order valence-electron chi connectivity index (χ2n) is 6.32. The second-order valence-corrected chi connectivity index (χ2v) is 8.22. The number of benzene rings is 2. The molecule has 0 saturated heterocycles. The van der Waals surface area contributed by atoms with Gasteiger partial charge < -0.3 is 14.8 Å². The molecule has 0 aliphatic carbocycles. The summed E-state index contributed by atoms with van der Waals surface area (Å²) in [7, 11) is -1.97. The number of amides is 1. The second kappa shape index (κ2) is 10.5. The molecule has 0 aliphatic rings. The summed E-state index contributed by atoms with van der Waals surface area (Å²) in [5.41, 5.74) is 1.11. The summed E-state index contributed by atoms with van der Waals surface area (Å²) in [6.07, 6.45) is 3.32. The van der Waals surface area contributed by atoms with Gasteiger partial charge in [-0.25, -0.2) is 8.42 Å². The van der Waals surface area contributed by atoms with Crippen molar-refractivity contribution in [2.45, 2.75) is 12.8 Å². The number of nitrogens with one attached hydrogen (secondary N) is 1. The molecular formula is C21H26N2O5S. The lowest BCUT2D eigenvalue weighted by Gasteiger charge is -2.22. The number of rotatable bonds is 11. The highest BCUT2D eigenvalue weighted by Gasteiger charge is 2.18. The topological polar surface area (TPSA) is 84.9 Å². The number of carbonyl (C=O) groups is 1. The van der Waals surface area contributed by atoms with Crippen LogP contribution in [-0.4, -0.2) is 40.8 Å². The quantitative estimate of drug-likeness (QED) is 0.565. The van der Waals surface area contributed by atoms with E-state index < -0.39 is 10.0 Å². The van der Waals surface area contributed by atoms with Crippen LogP contribution in [0.3, 0.4) is 0 Å². The molecule has 0 spiro atoms. The number of anilines is 2. The highest BCUT2D eigenvalue weighted by atomic mass is 32.2. The van der Waals surface area contributed by atoms with Gasteiger partial charge in [0.2, 0.25) is 15.9 Å². The lowest BCUT2D eigenvalue weighted by molar-refractivity contribution is -0.116. The van der Waals surface area contributed by atoms with E-state index >= 15 is 0 Å². The predicted molar refractivity (Wildman–Crippen MR) is 115 cm³/mol. The first kappa shape index (κ1) is 22.3. The molecule has 0 atom stereocenters. The molecular weight excluding hydrogens is 392 g/mol. The Morgan fingerprint density at radius 1 is 1.17 bits per heavy atom. The first-order valence-electron chi connectivity index (χ1n) is 9.09. The molecule has 0 heterocycles. The Morgan fingerprint density at radius 3 is 2.59 bits per heavy atom. The lowest BCUT2D eigenvalue weighted by Crippen LogP contribution is -2.31. The maximum atomic E-state index is 12.2. The first-order chi connectivity index (χ1) is 13.8. The van der Waals surface area contributed by atoms with E-state index in [1.54, 1.807) is 54.6 Å². The average molecular weight is 419 g/mol. The lowest BCUT2D eigenvalue weighted by atomic mass is 10.2. The average Bonchev–Trinajstić information content (AvgIpc) is 2.69. The summed E-state index contributed by atoms with van der Waals surface area (Å²) in [6, 6.07) is 13.9. The molecule has 1 N–H and O–H groups in total. The van der Waals surface area contributed by atoms with Crippen LogP contribution >= 0.6 is 0 Å². The van der Waals surface area contributed by atoms with E-state index in [-0.39, 0.29) is 18.9 Å². The molecule has 0 aromatic heterocycles. The van der Waals surface area contributed by atoms with Gasteiger partial charge in [-0.15, -0.1) is 0 Å². The zero-order chi connectivity index (χ0) is 21.3. The van der Waals surface area contributed by atoms with Gasteiger partial charge in [0.1, 0.15) is 18.1 Å². The van der Waals surface area contributed by atoms with Crippen molar-refractivity contribution in [3.05, 3.63) is 61.2 Å². The highest BCUT2D eigenvalue weighted by Crippen LogP contribution is 2.23. The molecule has 0 fully saturated rings. The minimum absolute atomic E-state index is 0.174. The van der Waals surface area contributed by atoms with Crippen molar-refractivity contribution in [2.75, 3.05) is 36.1 Å². The van der Waals surface area contributed by atoms with Crippen molar-refractivity contribution >= 4 is 27.3 Å². The Morgan fingerprint density at radius 2 is 1.90 bits per heavy atom. The number of methoxy groups -OCH3 is 1. The van der Waals surface area contributed by atoms with Crippen LogP contribution in [0.4, 0.5) is 11.4 Å². The predicted octanol–water partition coefficient (Wildman–Crippen LogP) is 3.44. The number of ether oxygens (including phenoxy) is 2. The van der Waals surface area contributed by atoms with Gasteiger partial charge in [0.05, 0.1) is 19.1 Å². The van der Waals surface area contributed by atoms with Crippen LogP contribution < -0.4 is 19.1 Å². The molecule has 0 saturated carbocycles. The summed E-state index contributed by atoms with van der Waals surface area (Å²) >= 11 is 0. The van der Waals surface area contributed by atoms with E-state index in [4.69, 9.17) is 9.47 Å². The van der Waals surface area contributed by atoms with Crippen LogP contribution in [0.5, 0.6) is 11.5 Å². The highest BCUT2D eigenvalue weighted by molar-refractivity contribution is 7.92. The third-order valence-corrected chi connectivity index (χ3v) is 5.19. The molecule has 0 radical (unpaired) electrons. The van der Waals surface area contributed by atoms with Crippen LogP contribution in [0.25, 0.3) is 0 Å². The number of nitrogens with zero attached hydrogens (tertiary/aromatic N) is 1. The smallest absolute Gasteiger partial charge is 0.232 e. The van der Waals surface area contributed by atoms with Crippen molar-refractivity contribution < 1.29 is 22.7 Å². The Bertz CT molecular complexity index is 944. The fourth-order valence-electron chi connectivity index (χ4n) is 2.68. The van der Waals surface area contributed by atoms with Crippen molar-refractivity contribution in [1.82, 2.24) is 0 Å². The van der Waals surface area contributed by atoms with Crippen molar-refractivity contribution in [3.63, 3.8) is 0 Å². The number of hydrogen-bond acceptors (Lipinski definition) is 5. The van der Waals surface area contributed by atoms with Crippen LogP contribution in [0, 0.1) is 0 Å². The van der Waals surface area contributed by atoms with Gasteiger partial charge in [-0.3, -0.25) is 9.10 Å². The van der Waals surface area contributed by atoms with Crippen LogP contribution in [0.2, 0.25) is 0 Å². The third-order valence-electron chi connectivity index (χ3n) is 3.99. The van der Waals surface area contributed by atoms with Gasteiger partial charge >= 0.3 is 0 Å². The van der Waals surface area contributed by atoms with Crippen molar-refractivity contribution in [3.8, 4) is 11.5 Å². The molecule has 7 nitrogen and oxygen atoms in total. The summed E-state index contributed by atoms with van der Waals surface area (Å²) in [6.45, 7) is 4.16. The zero-order valence-corrected chi connectivity index (χ0v) is 17.4. The Kier molecular flexibility index (Phi) is 8.09. The Hall–Kier alpha value is -3.00. The van der Waals surface area contributed by atoms with Crippen LogP contribution in [0.15, 0.2) is 61.2 Å². The molecule has 0 bridgehead atoms. The molecule has 156 valence electrons. The van der Waals surface area contributed by atoms with Crippen LogP contribution in [0.1, 0.15) is 12.8 Å². The number of sulfonamides is 1. The van der Waals surface area contributed by atoms with E-state index in [0.717, 1.165) is 6.26 Å². The summed E-state index contributed by atoms with van der Waals surface area (Å²) < 4.78 is 36.2. The molecule has 1 amide bonds. The van der Waals surface area contributed by atoms with Crippen LogP contribution in [-0.2, 0) is 14.8 Å². The van der Waals surface area contributed by atoms with Gasteiger partial charge in [0.25, 0.3) is 0 Å². The fraction of sp³-hybridized carbons (Fsp3) is 0.286. The Labute approximate surface area is 172 Å². The summed E-state index contributed by atoms with van der Waals surface area (Å²) in [5, 5.41) is 2.80. The minimum atomic E-state index is -3.49. The van der Waals surface area contributed by atoms with E-state index in [1.165, 1.54) is 11.4 Å². The minimum Gasteiger partial charge on any atom is -0.497 e. The van der Waals surface area contributed by atoms with Gasteiger partial charge in [0, 0.05) is 30.8 Å². The SMILES string of the molecule is C=CCOc1cccc(NC(=O)CCCN(c2cccc(OC)c2)S(C)(=O)=O)c1. The molecule has 0 aliphatic heterocycles. The van der Waals surface area contributed by atoms with Gasteiger partial charge in [-0.05, 0) is 30.7 Å². The van der Waals surface area contributed by atoms with E-state index in [2.05, 4.69) is 11.9 Å². The maximum Gasteiger partial charge on any atom is 0.232 e. The molecule has 2 rings (SSSR count). The standard InChI is InChI=1S/C21H26N2O5S/c1-4-14-28-20-11-5-8-17(15-20)22-21(24)12-7-13-23(29(3,25)26)18-9-6-10-19(16-18)27-2/h4-6,8-11,15-16H,1,7,12-14H2,2-3H3,(H,22,24). The molecule has 8 heteroatoms. The van der Waals surface area contributed by atoms with E-state index in [9.17, 15) is 13.2 Å². The fourth-order valence-corrected chi connectivity index (χ4v) is 3.63. The van der Waals surface area contributed by atoms with Gasteiger partial charge in [-0.2, -0.15) is 0 Å². The summed E-state index contributed by atoms with van der Waals surface area (Å²) in [4.78, 5) is 12.2. The third kappa shape index (κ3) is 7.15. The van der Waals surface area contributed by atoms with E-state index in [1.807, 2.05) is 0 Å². The summed E-state index contributed by atoms with van der Waals surface area (Å²) in [5.74, 6) is 0.987. The van der Waals surface area contributed by atoms with E-state index in [0.29, 0.717) is 35.9 Å². The normalized spacial score (nSPS) is 10.8. The van der Waals surface area contributed by atoms with Gasteiger partial charge in [0.15, 0.2) is 0 Å². The monoisotopic (exact) mass is 418 g/mol. The molecule has 2 aromatic rings. The maximum absolute atomic E-state index is 12.2. The van der Waals surface area contributed by atoms with Gasteiger partial charge in [-0.1, -0.05) is 24.8 Å². The molecule has 2 aromatic carbocycles.